The summed E-state index contributed by atoms with van der Waals surface area (Å²) in [5, 5.41) is 3.40. The number of carbonyl (C=O) groups is 1. The Hall–Kier alpha value is -2.65. The van der Waals surface area contributed by atoms with Crippen molar-refractivity contribution in [2.45, 2.75) is 11.8 Å². The molecule has 180 valence electrons. The molecule has 0 aliphatic carbocycles. The summed E-state index contributed by atoms with van der Waals surface area (Å²) >= 11 is 18.3. The van der Waals surface area contributed by atoms with Crippen molar-refractivity contribution < 1.29 is 22.7 Å². The van der Waals surface area contributed by atoms with Crippen LogP contribution in [-0.2, 0) is 14.8 Å². The number of hydrogen-bond acceptors (Lipinski definition) is 5. The van der Waals surface area contributed by atoms with Gasteiger partial charge >= 0.3 is 0 Å². The summed E-state index contributed by atoms with van der Waals surface area (Å²) in [6, 6.07) is 13.7. The number of rotatable bonds is 8. The Morgan fingerprint density at radius 3 is 2.21 bits per heavy atom. The average molecular weight is 544 g/mol. The van der Waals surface area contributed by atoms with Gasteiger partial charge < -0.3 is 14.8 Å². The molecule has 11 heteroatoms. The summed E-state index contributed by atoms with van der Waals surface area (Å²) in [7, 11) is -1.46. The van der Waals surface area contributed by atoms with Crippen LogP contribution in [0.5, 0.6) is 11.5 Å². The first-order valence-electron chi connectivity index (χ1n) is 9.82. The summed E-state index contributed by atoms with van der Waals surface area (Å²) in [5.74, 6) is -0.143. The van der Waals surface area contributed by atoms with E-state index in [2.05, 4.69) is 5.32 Å². The lowest BCUT2D eigenvalue weighted by Gasteiger charge is -2.25. The minimum atomic E-state index is -4.27. The van der Waals surface area contributed by atoms with E-state index < -0.39 is 22.5 Å². The Morgan fingerprint density at radius 1 is 0.912 bits per heavy atom. The molecule has 0 spiro atoms. The topological polar surface area (TPSA) is 84.9 Å². The first-order valence-corrected chi connectivity index (χ1v) is 12.4. The quantitative estimate of drug-likeness (QED) is 0.388. The van der Waals surface area contributed by atoms with E-state index in [9.17, 15) is 13.2 Å². The number of anilines is 2. The zero-order chi connectivity index (χ0) is 25.0. The molecule has 3 aromatic rings. The van der Waals surface area contributed by atoms with E-state index in [-0.39, 0.29) is 32.1 Å². The van der Waals surface area contributed by atoms with Gasteiger partial charge in [-0.1, -0.05) is 40.9 Å². The predicted molar refractivity (Wildman–Crippen MR) is 135 cm³/mol. The molecular formula is C23H21Cl3N2O5S. The van der Waals surface area contributed by atoms with Gasteiger partial charge in [-0.15, -0.1) is 0 Å². The minimum Gasteiger partial charge on any atom is -0.495 e. The Labute approximate surface area is 213 Å². The monoisotopic (exact) mass is 542 g/mol. The maximum atomic E-state index is 13.8. The number of sulfonamides is 1. The third kappa shape index (κ3) is 5.70. The van der Waals surface area contributed by atoms with Crippen molar-refractivity contribution in [2.24, 2.45) is 0 Å². The highest BCUT2D eigenvalue weighted by molar-refractivity contribution is 7.93. The molecule has 0 radical (unpaired) electrons. The SMILES string of the molecule is COc1ccc(N(CC(=O)Nc2ccc(Cl)cc2Cl)S(=O)(=O)c2cc(C)ccc2OC)cc1Cl. The van der Waals surface area contributed by atoms with Gasteiger partial charge in [0.1, 0.15) is 22.9 Å². The van der Waals surface area contributed by atoms with Crippen molar-refractivity contribution in [1.82, 2.24) is 0 Å². The van der Waals surface area contributed by atoms with Gasteiger partial charge in [0, 0.05) is 5.02 Å². The highest BCUT2D eigenvalue weighted by Crippen LogP contribution is 2.35. The summed E-state index contributed by atoms with van der Waals surface area (Å²) < 4.78 is 38.9. The smallest absolute Gasteiger partial charge is 0.268 e. The predicted octanol–water partition coefficient (Wildman–Crippen LogP) is 5.81. The normalized spacial score (nSPS) is 11.1. The number of halogens is 3. The van der Waals surface area contributed by atoms with Crippen LogP contribution in [0.1, 0.15) is 5.56 Å². The molecule has 0 aliphatic heterocycles. The third-order valence-electron chi connectivity index (χ3n) is 4.80. The lowest BCUT2D eigenvalue weighted by molar-refractivity contribution is -0.114. The van der Waals surface area contributed by atoms with Gasteiger partial charge in [0.05, 0.1) is 35.6 Å². The van der Waals surface area contributed by atoms with Crippen LogP contribution in [0.4, 0.5) is 11.4 Å². The van der Waals surface area contributed by atoms with Crippen molar-refractivity contribution in [3.05, 3.63) is 75.2 Å². The summed E-state index contributed by atoms with van der Waals surface area (Å²) in [6.07, 6.45) is 0. The van der Waals surface area contributed by atoms with Crippen molar-refractivity contribution >= 4 is 62.1 Å². The minimum absolute atomic E-state index is 0.0979. The molecule has 0 aromatic heterocycles. The fourth-order valence-electron chi connectivity index (χ4n) is 3.14. The van der Waals surface area contributed by atoms with Gasteiger partial charge in [-0.05, 0) is 61.0 Å². The van der Waals surface area contributed by atoms with Gasteiger partial charge in [-0.25, -0.2) is 8.42 Å². The van der Waals surface area contributed by atoms with Crippen molar-refractivity contribution in [1.29, 1.82) is 0 Å². The second-order valence-corrected chi connectivity index (χ2v) is 10.2. The second kappa shape index (κ2) is 10.7. The van der Waals surface area contributed by atoms with Gasteiger partial charge in [0.15, 0.2) is 0 Å². The molecule has 1 amide bonds. The number of ether oxygens (including phenoxy) is 2. The van der Waals surface area contributed by atoms with E-state index in [1.165, 1.54) is 50.6 Å². The van der Waals surface area contributed by atoms with E-state index in [0.29, 0.717) is 16.3 Å². The van der Waals surface area contributed by atoms with Crippen LogP contribution < -0.4 is 19.1 Å². The van der Waals surface area contributed by atoms with Gasteiger partial charge in [0.25, 0.3) is 10.0 Å². The maximum Gasteiger partial charge on any atom is 0.268 e. The fraction of sp³-hybridized carbons (Fsp3) is 0.174. The number of amides is 1. The summed E-state index contributed by atoms with van der Waals surface area (Å²) in [5.41, 5.74) is 1.14. The molecule has 0 unspecified atom stereocenters. The molecule has 1 N–H and O–H groups in total. The molecule has 0 fully saturated rings. The number of hydrogen-bond donors (Lipinski definition) is 1. The molecule has 0 bridgehead atoms. The maximum absolute atomic E-state index is 13.8. The lowest BCUT2D eigenvalue weighted by atomic mass is 10.2. The molecule has 0 atom stereocenters. The Balaban J connectivity index is 2.06. The van der Waals surface area contributed by atoms with Crippen LogP contribution in [0, 0.1) is 6.92 Å². The molecule has 7 nitrogen and oxygen atoms in total. The number of carbonyl (C=O) groups excluding carboxylic acids is 1. The Kier molecular flexibility index (Phi) is 8.20. The Morgan fingerprint density at radius 2 is 1.59 bits per heavy atom. The largest absolute Gasteiger partial charge is 0.495 e. The van der Waals surface area contributed by atoms with E-state index in [1.807, 2.05) is 0 Å². The van der Waals surface area contributed by atoms with E-state index in [4.69, 9.17) is 44.3 Å². The summed E-state index contributed by atoms with van der Waals surface area (Å²) in [4.78, 5) is 12.8. The molecular weight excluding hydrogens is 523 g/mol. The molecule has 0 saturated heterocycles. The zero-order valence-corrected chi connectivity index (χ0v) is 21.5. The number of nitrogens with one attached hydrogen (secondary N) is 1. The molecule has 0 aliphatic rings. The molecule has 0 saturated carbocycles. The van der Waals surface area contributed by atoms with Gasteiger partial charge in [0.2, 0.25) is 5.91 Å². The molecule has 3 rings (SSSR count). The van der Waals surface area contributed by atoms with Crippen LogP contribution in [0.3, 0.4) is 0 Å². The summed E-state index contributed by atoms with van der Waals surface area (Å²) in [6.45, 7) is 1.18. The number of aryl methyl sites for hydroxylation is 1. The highest BCUT2D eigenvalue weighted by atomic mass is 35.5. The van der Waals surface area contributed by atoms with Gasteiger partial charge in [-0.3, -0.25) is 9.10 Å². The number of methoxy groups -OCH3 is 2. The first kappa shape index (κ1) is 26.0. The van der Waals surface area contributed by atoms with Crippen LogP contribution >= 0.6 is 34.8 Å². The van der Waals surface area contributed by atoms with Crippen molar-refractivity contribution in [3.63, 3.8) is 0 Å². The zero-order valence-electron chi connectivity index (χ0n) is 18.4. The van der Waals surface area contributed by atoms with Crippen LogP contribution in [-0.4, -0.2) is 35.1 Å². The van der Waals surface area contributed by atoms with E-state index in [0.717, 1.165) is 4.31 Å². The third-order valence-corrected chi connectivity index (χ3v) is 7.44. The van der Waals surface area contributed by atoms with Crippen molar-refractivity contribution in [2.75, 3.05) is 30.4 Å². The van der Waals surface area contributed by atoms with Crippen molar-refractivity contribution in [3.8, 4) is 11.5 Å². The van der Waals surface area contributed by atoms with Crippen LogP contribution in [0.25, 0.3) is 0 Å². The Bertz CT molecular complexity index is 1330. The molecule has 34 heavy (non-hydrogen) atoms. The number of benzene rings is 3. The lowest BCUT2D eigenvalue weighted by Crippen LogP contribution is -2.38. The highest BCUT2D eigenvalue weighted by Gasteiger charge is 2.31. The molecule has 0 heterocycles. The number of nitrogens with zero attached hydrogens (tertiary/aromatic N) is 1. The van der Waals surface area contributed by atoms with Crippen LogP contribution in [0.15, 0.2) is 59.5 Å². The molecule has 3 aromatic carbocycles. The first-order chi connectivity index (χ1) is 16.1. The van der Waals surface area contributed by atoms with E-state index >= 15 is 0 Å². The fourth-order valence-corrected chi connectivity index (χ4v) is 5.50. The van der Waals surface area contributed by atoms with Crippen LogP contribution in [0.2, 0.25) is 15.1 Å². The second-order valence-electron chi connectivity index (χ2n) is 7.16. The van der Waals surface area contributed by atoms with Gasteiger partial charge in [-0.2, -0.15) is 0 Å². The standard InChI is InChI=1S/C23H21Cl3N2O5S/c1-14-4-8-21(33-3)22(10-14)34(30,31)28(16-6-9-20(32-2)18(26)12-16)13-23(29)27-19-7-5-15(24)11-17(19)25/h4-12H,13H2,1-3H3,(H,27,29). The van der Waals surface area contributed by atoms with E-state index in [1.54, 1.807) is 25.1 Å². The average Bonchev–Trinajstić information content (AvgIpc) is 2.79.